The molecular weight excluding hydrogens is 390 g/mol. The van der Waals surface area contributed by atoms with E-state index in [1.54, 1.807) is 39.3 Å². The van der Waals surface area contributed by atoms with E-state index in [2.05, 4.69) is 31.3 Å². The van der Waals surface area contributed by atoms with Crippen LogP contribution < -0.4 is 19.5 Å². The van der Waals surface area contributed by atoms with Crippen molar-refractivity contribution in [1.29, 1.82) is 0 Å². The summed E-state index contributed by atoms with van der Waals surface area (Å²) in [4.78, 5) is 12.7. The van der Waals surface area contributed by atoms with Gasteiger partial charge in [-0.3, -0.25) is 4.79 Å². The van der Waals surface area contributed by atoms with Crippen LogP contribution in [0.5, 0.6) is 17.2 Å². The van der Waals surface area contributed by atoms with Gasteiger partial charge in [0.15, 0.2) is 6.10 Å². The standard InChI is InChI=1S/C26H29NO4/c1-18(25(28)27-23-17-22(29-4)15-16-24(23)30-5)31-21-13-11-20(12-14-21)26(2,3)19-9-7-6-8-10-19/h6-18H,1-5H3,(H,27,28). The molecule has 0 radical (unpaired) electrons. The molecule has 5 nitrogen and oxygen atoms in total. The fraction of sp³-hybridized carbons (Fsp3) is 0.269. The molecule has 0 aliphatic heterocycles. The van der Waals surface area contributed by atoms with Crippen LogP contribution in [0.25, 0.3) is 0 Å². The van der Waals surface area contributed by atoms with E-state index in [4.69, 9.17) is 14.2 Å². The van der Waals surface area contributed by atoms with E-state index >= 15 is 0 Å². The number of carbonyl (C=O) groups excluding carboxylic acids is 1. The summed E-state index contributed by atoms with van der Waals surface area (Å²) >= 11 is 0. The summed E-state index contributed by atoms with van der Waals surface area (Å²) in [6.45, 7) is 6.09. The minimum absolute atomic E-state index is 0.133. The number of carbonyl (C=O) groups is 1. The molecule has 1 N–H and O–H groups in total. The lowest BCUT2D eigenvalue weighted by molar-refractivity contribution is -0.122. The molecule has 1 atom stereocenters. The predicted octanol–water partition coefficient (Wildman–Crippen LogP) is 5.44. The van der Waals surface area contributed by atoms with E-state index in [1.165, 1.54) is 11.1 Å². The van der Waals surface area contributed by atoms with Gasteiger partial charge in [-0.2, -0.15) is 0 Å². The summed E-state index contributed by atoms with van der Waals surface area (Å²) in [6, 6.07) is 23.5. The fourth-order valence-electron chi connectivity index (χ4n) is 3.38. The van der Waals surface area contributed by atoms with Crippen LogP contribution in [0.3, 0.4) is 0 Å². The van der Waals surface area contributed by atoms with Crippen molar-refractivity contribution in [3.8, 4) is 17.2 Å². The number of rotatable bonds is 8. The second-order valence-corrected chi connectivity index (χ2v) is 7.83. The van der Waals surface area contributed by atoms with Gasteiger partial charge in [-0.25, -0.2) is 0 Å². The van der Waals surface area contributed by atoms with Gasteiger partial charge in [-0.05, 0) is 42.3 Å². The monoisotopic (exact) mass is 419 g/mol. The van der Waals surface area contributed by atoms with Crippen LogP contribution in [-0.2, 0) is 10.2 Å². The quantitative estimate of drug-likeness (QED) is 0.529. The molecule has 0 aliphatic rings. The Labute approximate surface area is 184 Å². The van der Waals surface area contributed by atoms with Crippen molar-refractivity contribution >= 4 is 11.6 Å². The zero-order valence-electron chi connectivity index (χ0n) is 18.6. The second-order valence-electron chi connectivity index (χ2n) is 7.83. The maximum Gasteiger partial charge on any atom is 0.265 e. The summed E-state index contributed by atoms with van der Waals surface area (Å²) < 4.78 is 16.4. The molecule has 0 saturated carbocycles. The van der Waals surface area contributed by atoms with E-state index in [1.807, 2.05) is 42.5 Å². The molecule has 0 spiro atoms. The molecule has 1 amide bonds. The van der Waals surface area contributed by atoms with Crippen molar-refractivity contribution in [2.75, 3.05) is 19.5 Å². The minimum atomic E-state index is -0.691. The van der Waals surface area contributed by atoms with Crippen LogP contribution in [0.15, 0.2) is 72.8 Å². The number of ether oxygens (including phenoxy) is 3. The molecular formula is C26H29NO4. The first-order valence-electron chi connectivity index (χ1n) is 10.2. The number of benzene rings is 3. The highest BCUT2D eigenvalue weighted by Gasteiger charge is 2.23. The molecule has 1 unspecified atom stereocenters. The molecule has 0 heterocycles. The SMILES string of the molecule is COc1ccc(OC)c(NC(=O)C(C)Oc2ccc(C(C)(C)c3ccccc3)cc2)c1. The normalized spacial score (nSPS) is 12.0. The highest BCUT2D eigenvalue weighted by atomic mass is 16.5. The molecule has 0 bridgehead atoms. The largest absolute Gasteiger partial charge is 0.497 e. The number of nitrogens with one attached hydrogen (secondary N) is 1. The first-order chi connectivity index (χ1) is 14.8. The predicted molar refractivity (Wildman–Crippen MR) is 123 cm³/mol. The summed E-state index contributed by atoms with van der Waals surface area (Å²) in [6.07, 6.45) is -0.691. The fourth-order valence-corrected chi connectivity index (χ4v) is 3.38. The van der Waals surface area contributed by atoms with Gasteiger partial charge in [0.2, 0.25) is 0 Å². The Morgan fingerprint density at radius 3 is 2.06 bits per heavy atom. The lowest BCUT2D eigenvalue weighted by atomic mass is 9.78. The van der Waals surface area contributed by atoms with Crippen molar-refractivity contribution in [3.05, 3.63) is 83.9 Å². The van der Waals surface area contributed by atoms with Crippen molar-refractivity contribution in [2.45, 2.75) is 32.3 Å². The van der Waals surface area contributed by atoms with Crippen molar-refractivity contribution in [2.24, 2.45) is 0 Å². The maximum atomic E-state index is 12.7. The van der Waals surface area contributed by atoms with Crippen molar-refractivity contribution < 1.29 is 19.0 Å². The molecule has 162 valence electrons. The Balaban J connectivity index is 1.68. The maximum absolute atomic E-state index is 12.7. The summed E-state index contributed by atoms with van der Waals surface area (Å²) in [5.74, 6) is 1.53. The van der Waals surface area contributed by atoms with Gasteiger partial charge in [0, 0.05) is 11.5 Å². The van der Waals surface area contributed by atoms with Gasteiger partial charge in [0.05, 0.1) is 19.9 Å². The van der Waals surface area contributed by atoms with Crippen molar-refractivity contribution in [1.82, 2.24) is 0 Å². The van der Waals surface area contributed by atoms with Gasteiger partial charge in [-0.1, -0.05) is 56.3 Å². The number of hydrogen-bond donors (Lipinski definition) is 1. The Morgan fingerprint density at radius 2 is 1.45 bits per heavy atom. The highest BCUT2D eigenvalue weighted by molar-refractivity contribution is 5.95. The highest BCUT2D eigenvalue weighted by Crippen LogP contribution is 2.32. The third-order valence-electron chi connectivity index (χ3n) is 5.42. The topological polar surface area (TPSA) is 56.8 Å². The summed E-state index contributed by atoms with van der Waals surface area (Å²) in [7, 11) is 3.12. The molecule has 3 aromatic carbocycles. The number of methoxy groups -OCH3 is 2. The van der Waals surface area contributed by atoms with Gasteiger partial charge in [0.25, 0.3) is 5.91 Å². The smallest absolute Gasteiger partial charge is 0.265 e. The zero-order valence-corrected chi connectivity index (χ0v) is 18.6. The molecule has 0 aromatic heterocycles. The summed E-state index contributed by atoms with van der Waals surface area (Å²) in [5, 5.41) is 2.84. The molecule has 5 heteroatoms. The molecule has 3 rings (SSSR count). The van der Waals surface area contributed by atoms with E-state index in [-0.39, 0.29) is 11.3 Å². The Bertz CT molecular complexity index is 1010. The Hall–Kier alpha value is -3.47. The van der Waals surface area contributed by atoms with Crippen LogP contribution >= 0.6 is 0 Å². The van der Waals surface area contributed by atoms with Gasteiger partial charge in [0.1, 0.15) is 17.2 Å². The van der Waals surface area contributed by atoms with E-state index in [0.29, 0.717) is 22.9 Å². The first-order valence-corrected chi connectivity index (χ1v) is 10.2. The van der Waals surface area contributed by atoms with E-state index in [0.717, 1.165) is 0 Å². The van der Waals surface area contributed by atoms with Crippen LogP contribution in [0.2, 0.25) is 0 Å². The Morgan fingerprint density at radius 1 is 0.839 bits per heavy atom. The van der Waals surface area contributed by atoms with E-state index < -0.39 is 6.10 Å². The Kier molecular flexibility index (Phi) is 6.85. The molecule has 31 heavy (non-hydrogen) atoms. The third kappa shape index (κ3) is 5.18. The minimum Gasteiger partial charge on any atom is -0.497 e. The average molecular weight is 420 g/mol. The van der Waals surface area contributed by atoms with Gasteiger partial charge >= 0.3 is 0 Å². The first kappa shape index (κ1) is 22.2. The second kappa shape index (κ2) is 9.56. The van der Waals surface area contributed by atoms with Crippen LogP contribution in [0.4, 0.5) is 5.69 Å². The third-order valence-corrected chi connectivity index (χ3v) is 5.42. The lowest BCUT2D eigenvalue weighted by Gasteiger charge is -2.26. The van der Waals surface area contributed by atoms with E-state index in [9.17, 15) is 4.79 Å². The molecule has 0 saturated heterocycles. The van der Waals surface area contributed by atoms with Gasteiger partial charge in [-0.15, -0.1) is 0 Å². The lowest BCUT2D eigenvalue weighted by Crippen LogP contribution is -2.30. The number of amides is 1. The zero-order chi connectivity index (χ0) is 22.4. The van der Waals surface area contributed by atoms with Crippen LogP contribution in [-0.4, -0.2) is 26.2 Å². The van der Waals surface area contributed by atoms with Crippen molar-refractivity contribution in [3.63, 3.8) is 0 Å². The van der Waals surface area contributed by atoms with Crippen LogP contribution in [0, 0.1) is 0 Å². The summed E-state index contributed by atoms with van der Waals surface area (Å²) in [5.41, 5.74) is 2.81. The number of hydrogen-bond acceptors (Lipinski definition) is 4. The van der Waals surface area contributed by atoms with Crippen LogP contribution in [0.1, 0.15) is 31.9 Å². The molecule has 0 aliphatic carbocycles. The number of anilines is 1. The average Bonchev–Trinajstić information content (AvgIpc) is 2.79. The van der Waals surface area contributed by atoms with Gasteiger partial charge < -0.3 is 19.5 Å². The molecule has 0 fully saturated rings. The molecule has 3 aromatic rings.